The van der Waals surface area contributed by atoms with Crippen LogP contribution in [0.4, 0.5) is 5.69 Å². The van der Waals surface area contributed by atoms with Gasteiger partial charge < -0.3 is 5.73 Å². The summed E-state index contributed by atoms with van der Waals surface area (Å²) in [5, 5.41) is 9.71. The maximum absolute atomic E-state index is 13.0. The van der Waals surface area contributed by atoms with E-state index >= 15 is 0 Å². The number of aryl methyl sites for hydroxylation is 1. The number of nitrogens with zero attached hydrogens (tertiary/aromatic N) is 2. The van der Waals surface area contributed by atoms with Gasteiger partial charge in [-0.05, 0) is 66.9 Å². The molecule has 3 aromatic carbocycles. The fourth-order valence-electron chi connectivity index (χ4n) is 4.34. The average molecular weight is 558 g/mol. The lowest BCUT2D eigenvalue weighted by Gasteiger charge is -2.20. The Balaban J connectivity index is 1.64. The predicted molar refractivity (Wildman–Crippen MR) is 139 cm³/mol. The van der Waals surface area contributed by atoms with E-state index in [4.69, 9.17) is 22.5 Å². The van der Waals surface area contributed by atoms with Crippen LogP contribution in [0.1, 0.15) is 21.6 Å². The Morgan fingerprint density at radius 2 is 1.68 bits per heavy atom. The van der Waals surface area contributed by atoms with Gasteiger partial charge in [-0.15, -0.1) is 0 Å². The molecule has 0 atom stereocenters. The minimum atomic E-state index is -3.98. The van der Waals surface area contributed by atoms with Crippen LogP contribution < -0.4 is 15.6 Å². The molecule has 37 heavy (non-hydrogen) atoms. The van der Waals surface area contributed by atoms with Crippen LogP contribution in [0.25, 0.3) is 16.9 Å². The van der Waals surface area contributed by atoms with Gasteiger partial charge in [0.25, 0.3) is 15.9 Å². The summed E-state index contributed by atoms with van der Waals surface area (Å²) in [4.78, 5) is 12.1. The molecule has 1 amide bonds. The topological polar surface area (TPSA) is 167 Å². The second-order valence-corrected chi connectivity index (χ2v) is 12.0. The molecule has 0 spiro atoms. The molecular weight excluding hydrogens is 538 g/mol. The summed E-state index contributed by atoms with van der Waals surface area (Å²) < 4.78 is 53.4. The van der Waals surface area contributed by atoms with Crippen LogP contribution in [-0.2, 0) is 32.9 Å². The number of aromatic nitrogens is 2. The van der Waals surface area contributed by atoms with E-state index in [0.717, 1.165) is 5.56 Å². The zero-order valence-corrected chi connectivity index (χ0v) is 21.4. The van der Waals surface area contributed by atoms with E-state index < -0.39 is 26.0 Å². The van der Waals surface area contributed by atoms with Crippen molar-refractivity contribution in [3.63, 3.8) is 0 Å². The highest BCUT2D eigenvalue weighted by Crippen LogP contribution is 2.39. The molecule has 0 unspecified atom stereocenters. The lowest BCUT2D eigenvalue weighted by molar-refractivity contribution is 0.0994. The highest BCUT2D eigenvalue weighted by atomic mass is 35.5. The number of hydrogen-bond donors (Lipinski definition) is 3. The fourth-order valence-corrected chi connectivity index (χ4v) is 6.42. The second-order valence-electron chi connectivity index (χ2n) is 8.40. The first kappa shape index (κ1) is 25.0. The average Bonchev–Trinajstić information content (AvgIpc) is 3.24. The van der Waals surface area contributed by atoms with Gasteiger partial charge in [-0.2, -0.15) is 5.10 Å². The Kier molecular flexibility index (Phi) is 6.07. The highest BCUT2D eigenvalue weighted by molar-refractivity contribution is 7.92. The molecule has 1 aromatic heterocycles. The molecule has 1 aliphatic carbocycles. The molecule has 0 fully saturated rings. The van der Waals surface area contributed by atoms with Gasteiger partial charge >= 0.3 is 0 Å². The molecule has 5 N–H and O–H groups in total. The molecular formula is C24H20ClN5O5S2. The standard InChI is InChI=1S/C24H20ClN5O5S2/c25-20-3-1-2-4-21(20)37(34,35)29-15-7-5-14-6-12-18-22(24(26)31)28-30(23(18)19(14)13-15)16-8-10-17(11-9-16)36(27,32)33/h1-5,7-11,13,29H,6,12H2,(H2,26,31)(H2,27,32,33). The molecule has 0 bridgehead atoms. The van der Waals surface area contributed by atoms with Crippen molar-refractivity contribution in [2.24, 2.45) is 10.9 Å². The van der Waals surface area contributed by atoms with Crippen molar-refractivity contribution in [2.75, 3.05) is 4.72 Å². The summed E-state index contributed by atoms with van der Waals surface area (Å²) in [5.41, 5.74) is 9.16. The number of carbonyl (C=O) groups is 1. The quantitative estimate of drug-likeness (QED) is 0.329. The summed E-state index contributed by atoms with van der Waals surface area (Å²) >= 11 is 6.10. The van der Waals surface area contributed by atoms with E-state index in [9.17, 15) is 21.6 Å². The number of fused-ring (bicyclic) bond motifs is 3. The van der Waals surface area contributed by atoms with Gasteiger partial charge in [0.1, 0.15) is 4.90 Å². The summed E-state index contributed by atoms with van der Waals surface area (Å²) in [6.45, 7) is 0. The number of anilines is 1. The number of nitrogens with one attached hydrogen (secondary N) is 1. The summed E-state index contributed by atoms with van der Waals surface area (Å²) in [6.07, 6.45) is 1.07. The van der Waals surface area contributed by atoms with Crippen molar-refractivity contribution < 1.29 is 21.6 Å². The number of sulfonamides is 2. The van der Waals surface area contributed by atoms with Crippen LogP contribution in [0.2, 0.25) is 5.02 Å². The normalized spacial score (nSPS) is 13.0. The van der Waals surface area contributed by atoms with E-state index in [1.807, 2.05) is 0 Å². The first-order valence-corrected chi connectivity index (χ1v) is 14.3. The van der Waals surface area contributed by atoms with Crippen LogP contribution in [0.3, 0.4) is 0 Å². The van der Waals surface area contributed by atoms with Crippen LogP contribution in [0.15, 0.2) is 76.5 Å². The van der Waals surface area contributed by atoms with Crippen molar-refractivity contribution in [3.8, 4) is 16.9 Å². The van der Waals surface area contributed by atoms with Crippen molar-refractivity contribution >= 4 is 43.2 Å². The Morgan fingerprint density at radius 3 is 2.32 bits per heavy atom. The van der Waals surface area contributed by atoms with Crippen LogP contribution in [0, 0.1) is 0 Å². The lowest BCUT2D eigenvalue weighted by Crippen LogP contribution is -2.16. The van der Waals surface area contributed by atoms with E-state index in [-0.39, 0.29) is 26.2 Å². The largest absolute Gasteiger partial charge is 0.364 e. The molecule has 0 saturated carbocycles. The van der Waals surface area contributed by atoms with E-state index in [0.29, 0.717) is 35.3 Å². The summed E-state index contributed by atoms with van der Waals surface area (Å²) in [5.74, 6) is -0.713. The second kappa shape index (κ2) is 8.99. The number of hydrogen-bond acceptors (Lipinski definition) is 6. The number of rotatable bonds is 6. The van der Waals surface area contributed by atoms with Crippen molar-refractivity contribution in [1.29, 1.82) is 0 Å². The number of primary sulfonamides is 1. The van der Waals surface area contributed by atoms with Gasteiger partial charge in [0.2, 0.25) is 10.0 Å². The number of primary amides is 1. The molecule has 0 saturated heterocycles. The van der Waals surface area contributed by atoms with Crippen molar-refractivity contribution in [3.05, 3.63) is 88.6 Å². The van der Waals surface area contributed by atoms with Gasteiger partial charge in [0, 0.05) is 16.8 Å². The Hall–Kier alpha value is -3.71. The molecule has 10 nitrogen and oxygen atoms in total. The van der Waals surface area contributed by atoms with E-state index in [1.54, 1.807) is 30.3 Å². The minimum Gasteiger partial charge on any atom is -0.364 e. The van der Waals surface area contributed by atoms with Crippen LogP contribution in [-0.4, -0.2) is 32.5 Å². The van der Waals surface area contributed by atoms with Gasteiger partial charge in [-0.25, -0.2) is 26.7 Å². The molecule has 13 heteroatoms. The lowest BCUT2D eigenvalue weighted by atomic mass is 9.88. The maximum Gasteiger partial charge on any atom is 0.269 e. The highest BCUT2D eigenvalue weighted by Gasteiger charge is 2.29. The summed E-state index contributed by atoms with van der Waals surface area (Å²) in [6, 6.07) is 16.9. The number of amides is 1. The molecule has 190 valence electrons. The molecule has 1 heterocycles. The fraction of sp³-hybridized carbons (Fsp3) is 0.0833. The third kappa shape index (κ3) is 4.60. The van der Waals surface area contributed by atoms with Crippen LogP contribution >= 0.6 is 11.6 Å². The smallest absolute Gasteiger partial charge is 0.269 e. The molecule has 4 aromatic rings. The third-order valence-electron chi connectivity index (χ3n) is 6.01. The zero-order chi connectivity index (χ0) is 26.5. The Morgan fingerprint density at radius 1 is 0.973 bits per heavy atom. The summed E-state index contributed by atoms with van der Waals surface area (Å²) in [7, 11) is -7.89. The first-order chi connectivity index (χ1) is 17.5. The molecule has 5 rings (SSSR count). The number of carbonyl (C=O) groups excluding carboxylic acids is 1. The molecule has 0 aliphatic heterocycles. The number of halogens is 1. The van der Waals surface area contributed by atoms with Gasteiger partial charge in [-0.1, -0.05) is 29.8 Å². The molecule has 1 aliphatic rings. The number of nitrogens with two attached hydrogens (primary N) is 2. The van der Waals surface area contributed by atoms with Crippen molar-refractivity contribution in [2.45, 2.75) is 22.6 Å². The van der Waals surface area contributed by atoms with E-state index in [1.165, 1.54) is 41.1 Å². The SMILES string of the molecule is NC(=O)c1nn(-c2ccc(S(N)(=O)=O)cc2)c2c1CCc1ccc(NS(=O)(=O)c3ccccc3Cl)cc1-2. The zero-order valence-electron chi connectivity index (χ0n) is 19.0. The predicted octanol–water partition coefficient (Wildman–Crippen LogP) is 2.84. The molecule has 0 radical (unpaired) electrons. The first-order valence-electron chi connectivity index (χ1n) is 10.9. The Labute approximate surface area is 218 Å². The van der Waals surface area contributed by atoms with Crippen molar-refractivity contribution in [1.82, 2.24) is 9.78 Å². The van der Waals surface area contributed by atoms with E-state index in [2.05, 4.69) is 9.82 Å². The monoisotopic (exact) mass is 557 g/mol. The third-order valence-corrected chi connectivity index (χ3v) is 8.82. The van der Waals surface area contributed by atoms with Crippen LogP contribution in [0.5, 0.6) is 0 Å². The number of benzene rings is 3. The maximum atomic E-state index is 13.0. The Bertz CT molecular complexity index is 1780. The van der Waals surface area contributed by atoms with Gasteiger partial charge in [-0.3, -0.25) is 9.52 Å². The minimum absolute atomic E-state index is 0.0638. The van der Waals surface area contributed by atoms with Gasteiger partial charge in [0.05, 0.1) is 21.3 Å². The van der Waals surface area contributed by atoms with Gasteiger partial charge in [0.15, 0.2) is 5.69 Å².